The molecule has 0 atom stereocenters. The topological polar surface area (TPSA) is 112 Å². The fourth-order valence-electron chi connectivity index (χ4n) is 3.43. The fraction of sp³-hybridized carbons (Fsp3) is 0.273. The molecule has 1 aliphatic heterocycles. The Balaban J connectivity index is 1.58. The number of morpholine rings is 1. The van der Waals surface area contributed by atoms with E-state index in [2.05, 4.69) is 0 Å². The Labute approximate surface area is 188 Å². The number of fused-ring (bicyclic) bond motifs is 1. The van der Waals surface area contributed by atoms with E-state index in [4.69, 9.17) is 18.6 Å². The van der Waals surface area contributed by atoms with Gasteiger partial charge in [0.2, 0.25) is 10.0 Å². The van der Waals surface area contributed by atoms with Crippen LogP contribution in [0.5, 0.6) is 5.75 Å². The molecule has 0 bridgehead atoms. The second-order valence-corrected chi connectivity index (χ2v) is 9.12. The molecule has 0 radical (unpaired) electrons. The minimum atomic E-state index is -3.93. The molecule has 1 aromatic heterocycles. The van der Waals surface area contributed by atoms with E-state index in [0.717, 1.165) is 24.3 Å². The molecule has 3 aromatic rings. The minimum Gasteiger partial charge on any atom is -0.497 e. The normalized spacial score (nSPS) is 14.8. The lowest BCUT2D eigenvalue weighted by molar-refractivity contribution is 0.0468. The first kappa shape index (κ1) is 22.9. The molecule has 0 amide bonds. The number of carbonyl (C=O) groups is 1. The predicted molar refractivity (Wildman–Crippen MR) is 114 cm³/mol. The molecular formula is C22H20FNO8S. The Morgan fingerprint density at radius 1 is 1.12 bits per heavy atom. The summed E-state index contributed by atoms with van der Waals surface area (Å²) in [5, 5.41) is 0.507. The second kappa shape index (κ2) is 9.30. The lowest BCUT2D eigenvalue weighted by Crippen LogP contribution is -2.40. The summed E-state index contributed by atoms with van der Waals surface area (Å²) in [5.74, 6) is -1.52. The monoisotopic (exact) mass is 477 g/mol. The van der Waals surface area contributed by atoms with Gasteiger partial charge < -0.3 is 18.6 Å². The molecule has 4 rings (SSSR count). The first-order valence-electron chi connectivity index (χ1n) is 9.95. The molecule has 1 saturated heterocycles. The first-order valence-corrected chi connectivity index (χ1v) is 11.4. The maximum absolute atomic E-state index is 14.4. The quantitative estimate of drug-likeness (QED) is 0.393. The molecule has 0 aliphatic carbocycles. The van der Waals surface area contributed by atoms with Crippen molar-refractivity contribution in [1.29, 1.82) is 0 Å². The molecule has 0 unspecified atom stereocenters. The van der Waals surface area contributed by atoms with Gasteiger partial charge in [0, 0.05) is 36.2 Å². The molecule has 0 N–H and O–H groups in total. The summed E-state index contributed by atoms with van der Waals surface area (Å²) in [5.41, 5.74) is -0.614. The fourth-order valence-corrected chi connectivity index (χ4v) is 4.87. The van der Waals surface area contributed by atoms with Gasteiger partial charge in [-0.15, -0.1) is 0 Å². The van der Waals surface area contributed by atoms with Crippen molar-refractivity contribution in [3.63, 3.8) is 0 Å². The van der Waals surface area contributed by atoms with Crippen molar-refractivity contribution in [2.45, 2.75) is 11.5 Å². The molecule has 2 aromatic carbocycles. The molecule has 1 aliphatic rings. The molecule has 11 heteroatoms. The van der Waals surface area contributed by atoms with Gasteiger partial charge in [-0.05, 0) is 30.3 Å². The average molecular weight is 477 g/mol. The summed E-state index contributed by atoms with van der Waals surface area (Å²) in [7, 11) is -2.46. The van der Waals surface area contributed by atoms with Crippen LogP contribution in [0.3, 0.4) is 0 Å². The molecule has 174 valence electrons. The van der Waals surface area contributed by atoms with Crippen molar-refractivity contribution >= 4 is 27.0 Å². The Morgan fingerprint density at radius 3 is 2.61 bits per heavy atom. The number of benzene rings is 2. The van der Waals surface area contributed by atoms with Crippen LogP contribution in [0.2, 0.25) is 0 Å². The first-order chi connectivity index (χ1) is 15.8. The summed E-state index contributed by atoms with van der Waals surface area (Å²) < 4.78 is 61.9. The van der Waals surface area contributed by atoms with Gasteiger partial charge in [-0.25, -0.2) is 22.4 Å². The molecule has 1 fully saturated rings. The van der Waals surface area contributed by atoms with Gasteiger partial charge in [0.1, 0.15) is 23.8 Å². The van der Waals surface area contributed by atoms with E-state index >= 15 is 0 Å². The van der Waals surface area contributed by atoms with E-state index in [0.29, 0.717) is 16.7 Å². The van der Waals surface area contributed by atoms with Crippen LogP contribution in [0.4, 0.5) is 4.39 Å². The maximum atomic E-state index is 14.4. The number of ether oxygens (including phenoxy) is 3. The number of nitrogens with zero attached hydrogens (tertiary/aromatic N) is 1. The molecule has 0 saturated carbocycles. The Hall–Kier alpha value is -3.28. The zero-order valence-electron chi connectivity index (χ0n) is 17.6. The summed E-state index contributed by atoms with van der Waals surface area (Å²) >= 11 is 0. The Kier molecular flexibility index (Phi) is 6.45. The number of esters is 1. The summed E-state index contributed by atoms with van der Waals surface area (Å²) in [6.07, 6.45) is 0. The van der Waals surface area contributed by atoms with Gasteiger partial charge in [0.15, 0.2) is 0 Å². The average Bonchev–Trinajstić information content (AvgIpc) is 2.82. The highest BCUT2D eigenvalue weighted by Crippen LogP contribution is 2.24. The summed E-state index contributed by atoms with van der Waals surface area (Å²) in [6, 6.07) is 8.91. The second-order valence-electron chi connectivity index (χ2n) is 7.19. The Bertz CT molecular complexity index is 1360. The number of rotatable bonds is 6. The van der Waals surface area contributed by atoms with Crippen LogP contribution >= 0.6 is 0 Å². The number of halogens is 1. The SMILES string of the molecule is COc1ccc2c(COC(=O)c3cc(S(=O)(=O)N4CCOCC4)ccc3F)cc(=O)oc2c1. The molecule has 9 nitrogen and oxygen atoms in total. The van der Waals surface area contributed by atoms with Gasteiger partial charge >= 0.3 is 11.6 Å². The standard InChI is InChI=1S/C22H20FNO8S/c1-29-15-2-4-17-14(10-21(25)32-20(17)11-15)13-31-22(26)18-12-16(3-5-19(18)23)33(27,28)24-6-8-30-9-7-24/h2-5,10-12H,6-9,13H2,1H3. The van der Waals surface area contributed by atoms with Gasteiger partial charge in [-0.1, -0.05) is 0 Å². The van der Waals surface area contributed by atoms with Crippen LogP contribution in [-0.2, 0) is 26.1 Å². The van der Waals surface area contributed by atoms with Crippen LogP contribution < -0.4 is 10.4 Å². The lowest BCUT2D eigenvalue weighted by atomic mass is 10.1. The van der Waals surface area contributed by atoms with E-state index in [-0.39, 0.29) is 43.4 Å². The summed E-state index contributed by atoms with van der Waals surface area (Å²) in [6.45, 7) is 0.468. The van der Waals surface area contributed by atoms with Crippen molar-refractivity contribution < 1.29 is 36.2 Å². The van der Waals surface area contributed by atoms with Crippen LogP contribution in [0.15, 0.2) is 56.6 Å². The van der Waals surface area contributed by atoms with Crippen molar-refractivity contribution in [3.05, 3.63) is 69.8 Å². The number of methoxy groups -OCH3 is 1. The van der Waals surface area contributed by atoms with Crippen LogP contribution in [0.1, 0.15) is 15.9 Å². The zero-order valence-corrected chi connectivity index (χ0v) is 18.4. The minimum absolute atomic E-state index is 0.161. The van der Waals surface area contributed by atoms with E-state index in [1.54, 1.807) is 12.1 Å². The summed E-state index contributed by atoms with van der Waals surface area (Å²) in [4.78, 5) is 24.3. The molecular weight excluding hydrogens is 457 g/mol. The third kappa shape index (κ3) is 4.75. The molecule has 2 heterocycles. The highest BCUT2D eigenvalue weighted by Gasteiger charge is 2.28. The lowest BCUT2D eigenvalue weighted by Gasteiger charge is -2.26. The Morgan fingerprint density at radius 2 is 1.88 bits per heavy atom. The van der Waals surface area contributed by atoms with Gasteiger partial charge in [0.25, 0.3) is 0 Å². The predicted octanol–water partition coefficient (Wildman–Crippen LogP) is 2.32. The van der Waals surface area contributed by atoms with Gasteiger partial charge in [0.05, 0.1) is 30.8 Å². The maximum Gasteiger partial charge on any atom is 0.341 e. The van der Waals surface area contributed by atoms with Crippen LogP contribution in [0, 0.1) is 5.82 Å². The van der Waals surface area contributed by atoms with Gasteiger partial charge in [-0.2, -0.15) is 4.31 Å². The van der Waals surface area contributed by atoms with Crippen molar-refractivity contribution in [1.82, 2.24) is 4.31 Å². The van der Waals surface area contributed by atoms with Gasteiger partial charge in [-0.3, -0.25) is 0 Å². The number of hydrogen-bond donors (Lipinski definition) is 0. The van der Waals surface area contributed by atoms with E-state index in [9.17, 15) is 22.4 Å². The van der Waals surface area contributed by atoms with Crippen LogP contribution in [-0.4, -0.2) is 52.1 Å². The third-order valence-electron chi connectivity index (χ3n) is 5.16. The van der Waals surface area contributed by atoms with E-state index in [1.165, 1.54) is 17.5 Å². The number of sulfonamides is 1. The largest absolute Gasteiger partial charge is 0.497 e. The van der Waals surface area contributed by atoms with Crippen molar-refractivity contribution in [2.75, 3.05) is 33.4 Å². The molecule has 0 spiro atoms. The van der Waals surface area contributed by atoms with E-state index in [1.807, 2.05) is 0 Å². The zero-order chi connectivity index (χ0) is 23.6. The van der Waals surface area contributed by atoms with Crippen LogP contribution in [0.25, 0.3) is 11.0 Å². The molecule has 33 heavy (non-hydrogen) atoms. The highest BCUT2D eigenvalue weighted by atomic mass is 32.2. The highest BCUT2D eigenvalue weighted by molar-refractivity contribution is 7.89. The van der Waals surface area contributed by atoms with Crippen molar-refractivity contribution in [3.8, 4) is 5.75 Å². The van der Waals surface area contributed by atoms with Crippen molar-refractivity contribution in [2.24, 2.45) is 0 Å². The number of hydrogen-bond acceptors (Lipinski definition) is 8. The van der Waals surface area contributed by atoms with E-state index < -0.39 is 33.0 Å². The smallest absolute Gasteiger partial charge is 0.341 e. The number of carbonyl (C=O) groups excluding carboxylic acids is 1. The third-order valence-corrected chi connectivity index (χ3v) is 7.06.